The van der Waals surface area contributed by atoms with Crippen molar-refractivity contribution < 1.29 is 0 Å². The third-order valence-electron chi connectivity index (χ3n) is 5.13. The Morgan fingerprint density at radius 2 is 1.60 bits per heavy atom. The quantitative estimate of drug-likeness (QED) is 0.137. The second-order valence-electron chi connectivity index (χ2n) is 7.84. The van der Waals surface area contributed by atoms with Crippen LogP contribution in [0.25, 0.3) is 11.6 Å². The molecule has 0 amide bonds. The molecular formula is C23H36N2S5. The highest BCUT2D eigenvalue weighted by atomic mass is 33.5. The predicted molar refractivity (Wildman–Crippen MR) is 148 cm³/mol. The van der Waals surface area contributed by atoms with Crippen LogP contribution in [-0.4, -0.2) is 16.0 Å². The van der Waals surface area contributed by atoms with Gasteiger partial charge in [-0.25, -0.2) is 0 Å². The van der Waals surface area contributed by atoms with Gasteiger partial charge in [-0.05, 0) is 42.7 Å². The van der Waals surface area contributed by atoms with Gasteiger partial charge in [0, 0.05) is 10.6 Å². The van der Waals surface area contributed by atoms with Gasteiger partial charge in [0.15, 0.2) is 4.34 Å². The molecule has 0 fully saturated rings. The smallest absolute Gasteiger partial charge is 0.143 e. The molecule has 0 aliphatic carbocycles. The van der Waals surface area contributed by atoms with Gasteiger partial charge in [-0.2, -0.15) is 0 Å². The molecule has 0 saturated carbocycles. The molecule has 168 valence electrons. The largest absolute Gasteiger partial charge is 0.174 e. The molecule has 0 aliphatic rings. The van der Waals surface area contributed by atoms with Crippen molar-refractivity contribution in [1.29, 1.82) is 0 Å². The molecule has 0 atom stereocenters. The van der Waals surface area contributed by atoms with Crippen LogP contribution in [0.4, 0.5) is 0 Å². The topological polar surface area (TPSA) is 25.8 Å². The van der Waals surface area contributed by atoms with E-state index in [1.807, 2.05) is 12.1 Å². The highest BCUT2D eigenvalue weighted by Crippen LogP contribution is 2.65. The van der Waals surface area contributed by atoms with Crippen molar-refractivity contribution in [3.8, 4) is 0 Å². The summed E-state index contributed by atoms with van der Waals surface area (Å²) in [6.07, 6.45) is 15.5. The van der Waals surface area contributed by atoms with Gasteiger partial charge in [-0.3, -0.25) is 0 Å². The molecule has 7 heteroatoms. The fourth-order valence-corrected chi connectivity index (χ4v) is 7.77. The molecule has 0 spiro atoms. The fourth-order valence-electron chi connectivity index (χ4n) is 3.31. The molecule has 0 aliphatic heterocycles. The minimum Gasteiger partial charge on any atom is -0.143 e. The van der Waals surface area contributed by atoms with Crippen molar-refractivity contribution in [2.45, 2.75) is 87.3 Å². The molecule has 1 aromatic heterocycles. The van der Waals surface area contributed by atoms with Crippen molar-refractivity contribution >= 4 is 67.0 Å². The molecule has 0 saturated heterocycles. The second kappa shape index (κ2) is 14.1. The summed E-state index contributed by atoms with van der Waals surface area (Å²) in [7, 11) is -1.46. The molecular weight excluding hydrogens is 465 g/mol. The van der Waals surface area contributed by atoms with Crippen LogP contribution in [0.2, 0.25) is 0 Å². The summed E-state index contributed by atoms with van der Waals surface area (Å²) < 4.78 is 0.965. The third-order valence-corrected chi connectivity index (χ3v) is 11.5. The molecule has 30 heavy (non-hydrogen) atoms. The number of thiol groups is 3. The van der Waals surface area contributed by atoms with Crippen LogP contribution in [0.5, 0.6) is 0 Å². The van der Waals surface area contributed by atoms with Crippen LogP contribution in [0, 0.1) is 0 Å². The Balaban J connectivity index is 1.75. The van der Waals surface area contributed by atoms with Crippen LogP contribution < -0.4 is 0 Å². The Morgan fingerprint density at radius 3 is 2.23 bits per heavy atom. The van der Waals surface area contributed by atoms with E-state index in [0.29, 0.717) is 0 Å². The lowest BCUT2D eigenvalue weighted by Crippen LogP contribution is -1.93. The summed E-state index contributed by atoms with van der Waals surface area (Å²) in [4.78, 5) is 0.962. The lowest BCUT2D eigenvalue weighted by molar-refractivity contribution is 0.563. The molecule has 0 unspecified atom stereocenters. The third kappa shape index (κ3) is 9.60. The molecule has 1 heterocycles. The predicted octanol–water partition coefficient (Wildman–Crippen LogP) is 9.16. The summed E-state index contributed by atoms with van der Waals surface area (Å²) in [5.74, 6) is 0.995. The molecule has 0 N–H and O–H groups in total. The Bertz CT molecular complexity index is 785. The molecule has 1 aromatic carbocycles. The van der Waals surface area contributed by atoms with E-state index in [9.17, 15) is 0 Å². The van der Waals surface area contributed by atoms with Crippen molar-refractivity contribution in [2.24, 2.45) is 0 Å². The van der Waals surface area contributed by atoms with Gasteiger partial charge >= 0.3 is 0 Å². The summed E-state index contributed by atoms with van der Waals surface area (Å²) in [5, 5.41) is 9.69. The Hall–Kier alpha value is -0.0800. The first-order valence-electron chi connectivity index (χ1n) is 11.0. The van der Waals surface area contributed by atoms with E-state index in [1.165, 1.54) is 57.8 Å². The number of unbranched alkanes of at least 4 members (excludes halogenated alkanes) is 9. The van der Waals surface area contributed by atoms with Crippen molar-refractivity contribution in [3.05, 3.63) is 34.8 Å². The van der Waals surface area contributed by atoms with E-state index in [0.717, 1.165) is 37.6 Å². The number of nitrogens with zero attached hydrogens (tertiary/aromatic N) is 2. The maximum absolute atomic E-state index is 4.88. The first kappa shape index (κ1) is 26.2. The zero-order chi connectivity index (χ0) is 21.8. The Morgan fingerprint density at radius 1 is 0.967 bits per heavy atom. The molecule has 2 aromatic rings. The van der Waals surface area contributed by atoms with Gasteiger partial charge in [-0.1, -0.05) is 96.3 Å². The molecule has 2 nitrogen and oxygen atoms in total. The van der Waals surface area contributed by atoms with E-state index in [1.54, 1.807) is 11.3 Å². The van der Waals surface area contributed by atoms with Crippen LogP contribution in [0.1, 0.15) is 88.6 Å². The maximum Gasteiger partial charge on any atom is 0.174 e. The maximum atomic E-state index is 4.88. The first-order chi connectivity index (χ1) is 14.4. The number of rotatable bonds is 14. The lowest BCUT2D eigenvalue weighted by Gasteiger charge is -2.24. The summed E-state index contributed by atoms with van der Waals surface area (Å²) >= 11 is 15.8. The zero-order valence-electron chi connectivity index (χ0n) is 18.2. The van der Waals surface area contributed by atoms with Crippen molar-refractivity contribution in [2.75, 3.05) is 5.75 Å². The molecule has 2 rings (SSSR count). The second-order valence-corrected chi connectivity index (χ2v) is 16.4. The number of hydrogen-bond acceptors (Lipinski definition) is 6. The van der Waals surface area contributed by atoms with E-state index >= 15 is 0 Å². The van der Waals surface area contributed by atoms with E-state index < -0.39 is 8.09 Å². The summed E-state index contributed by atoms with van der Waals surface area (Å²) in [6.45, 7) is 4.36. The highest BCUT2D eigenvalue weighted by Gasteiger charge is 2.22. The van der Waals surface area contributed by atoms with Crippen LogP contribution in [-0.2, 0) is 0 Å². The van der Waals surface area contributed by atoms with Gasteiger partial charge in [0.1, 0.15) is 5.01 Å². The number of allylic oxidation sites excluding steroid dienone is 1. The van der Waals surface area contributed by atoms with E-state index in [4.69, 9.17) is 23.3 Å². The first-order valence-corrected chi connectivity index (χ1v) is 16.2. The Labute approximate surface area is 204 Å². The monoisotopic (exact) mass is 500 g/mol. The van der Waals surface area contributed by atoms with E-state index in [2.05, 4.69) is 54.9 Å². The summed E-state index contributed by atoms with van der Waals surface area (Å²) in [6, 6.07) is 8.15. The van der Waals surface area contributed by atoms with Gasteiger partial charge in [-0.15, -0.1) is 46.1 Å². The highest BCUT2D eigenvalue weighted by molar-refractivity contribution is 9.18. The van der Waals surface area contributed by atoms with Gasteiger partial charge in [0.05, 0.1) is 0 Å². The number of hydrogen-bond donors (Lipinski definition) is 3. The normalized spacial score (nSPS) is 13.0. The minimum absolute atomic E-state index is 0.912. The fraction of sp³-hybridized carbons (Fsp3) is 0.565. The van der Waals surface area contributed by atoms with Crippen molar-refractivity contribution in [3.63, 3.8) is 0 Å². The van der Waals surface area contributed by atoms with Gasteiger partial charge in [0.2, 0.25) is 0 Å². The Kier molecular flexibility index (Phi) is 12.3. The van der Waals surface area contributed by atoms with E-state index in [-0.39, 0.29) is 0 Å². The minimum atomic E-state index is -1.46. The number of aromatic nitrogens is 2. The average Bonchev–Trinajstić information content (AvgIpc) is 3.19. The van der Waals surface area contributed by atoms with Gasteiger partial charge in [0.25, 0.3) is 0 Å². The van der Waals surface area contributed by atoms with Crippen LogP contribution in [0.15, 0.2) is 33.5 Å². The summed E-state index contributed by atoms with van der Waals surface area (Å²) in [5.41, 5.74) is 2.31. The molecule has 0 radical (unpaired) electrons. The van der Waals surface area contributed by atoms with Crippen molar-refractivity contribution in [1.82, 2.24) is 10.2 Å². The average molecular weight is 501 g/mol. The zero-order valence-corrected chi connectivity index (χ0v) is 22.5. The number of benzene rings is 1. The van der Waals surface area contributed by atoms with Gasteiger partial charge < -0.3 is 0 Å². The molecule has 0 bridgehead atoms. The van der Waals surface area contributed by atoms with Crippen LogP contribution >= 0.6 is 55.4 Å². The standard InChI is InChI=1S/C23H36N2S5/c1-3-4-5-6-7-8-9-10-11-12-16-30(27,28)23-25-24-22(29-23)17-19(2)20-14-13-15-21(26)18-20/h13-15,17-18,26-28H,3-12,16H2,1-2H3. The SMILES string of the molecule is CCCCCCCCCCCCS(S)(S)c1nnc(C=C(C)c2cccc(S)c2)s1. The van der Waals surface area contributed by atoms with Crippen LogP contribution in [0.3, 0.4) is 0 Å². The lowest BCUT2D eigenvalue weighted by atomic mass is 10.1.